The number of aromatic nitrogens is 2. The maximum Gasteiger partial charge on any atom is 0.416 e. The number of hydrogen-bond donors (Lipinski definition) is 2. The number of ether oxygens (including phenoxy) is 1. The molecule has 1 fully saturated rings. The number of rotatable bonds is 7. The Bertz CT molecular complexity index is 1340. The number of carboxylic acid groups (broad SMARTS) is 1. The Balaban J connectivity index is 1.60. The van der Waals surface area contributed by atoms with Gasteiger partial charge in [-0.05, 0) is 60.9 Å². The fraction of sp³-hybridized carbons (Fsp3) is 0.320. The molecule has 0 amide bonds. The topological polar surface area (TPSA) is 96.7 Å². The number of carbonyl (C=O) groups is 1. The molecule has 3 aromatic rings. The zero-order valence-electron chi connectivity index (χ0n) is 19.9. The highest BCUT2D eigenvalue weighted by molar-refractivity contribution is 5.71. The Hall–Kier alpha value is -3.86. The minimum Gasteiger partial charge on any atom is -0.495 e. The van der Waals surface area contributed by atoms with Crippen molar-refractivity contribution in [3.05, 3.63) is 75.3 Å². The summed E-state index contributed by atoms with van der Waals surface area (Å²) < 4.78 is 45.6. The normalized spacial score (nSPS) is 14.4. The highest BCUT2D eigenvalue weighted by atomic mass is 19.4. The molecular weight excluding hydrogens is 477 g/mol. The van der Waals surface area contributed by atoms with Gasteiger partial charge in [-0.25, -0.2) is 4.98 Å². The summed E-state index contributed by atoms with van der Waals surface area (Å²) in [6, 6.07) is 6.66. The second-order valence-electron chi connectivity index (χ2n) is 8.78. The zero-order chi connectivity index (χ0) is 26.2. The lowest BCUT2D eigenvalue weighted by molar-refractivity contribution is -0.147. The molecular formula is C25H25F3N4O4. The van der Waals surface area contributed by atoms with E-state index in [9.17, 15) is 22.8 Å². The number of hydrogen-bond acceptors (Lipinski definition) is 6. The fourth-order valence-corrected chi connectivity index (χ4v) is 4.24. The number of likely N-dealkylation sites (tertiary alicyclic amines) is 1. The number of aliphatic carboxylic acids is 1. The maximum atomic E-state index is 13.2. The summed E-state index contributed by atoms with van der Waals surface area (Å²) in [5.74, 6) is -1.27. The van der Waals surface area contributed by atoms with Crippen molar-refractivity contribution in [3.8, 4) is 11.4 Å². The molecule has 0 saturated carbocycles. The van der Waals surface area contributed by atoms with Crippen LogP contribution in [0.15, 0.2) is 47.5 Å². The Kier molecular flexibility index (Phi) is 6.77. The smallest absolute Gasteiger partial charge is 0.416 e. The molecule has 1 aliphatic heterocycles. The molecule has 0 aliphatic carbocycles. The summed E-state index contributed by atoms with van der Waals surface area (Å²) in [5, 5.41) is 11.9. The van der Waals surface area contributed by atoms with E-state index in [4.69, 9.17) is 9.84 Å². The number of carboxylic acids is 1. The first-order valence-electron chi connectivity index (χ1n) is 11.1. The standard InChI is InChI=1S/C25H25F3N4O4/c1-14-8-18(9-15(2)19(14)13-31-11-16(12-31)24(34)35)32-7-6-29-22(23(32)33)30-20-5-4-17(25(26,27)28)10-21(20)36-3/h4-10,16H,11-13H2,1-3H3,(H,29,30)(H,34,35). The Morgan fingerprint density at radius 3 is 2.44 bits per heavy atom. The van der Waals surface area contributed by atoms with Crippen LogP contribution in [-0.2, 0) is 17.5 Å². The van der Waals surface area contributed by atoms with Gasteiger partial charge < -0.3 is 15.2 Å². The number of aryl methyl sites for hydroxylation is 2. The van der Waals surface area contributed by atoms with Gasteiger partial charge in [-0.3, -0.25) is 19.1 Å². The number of anilines is 2. The predicted octanol–water partition coefficient (Wildman–Crippen LogP) is 4.14. The number of nitrogens with zero attached hydrogens (tertiary/aromatic N) is 3. The molecule has 0 bridgehead atoms. The largest absolute Gasteiger partial charge is 0.495 e. The Morgan fingerprint density at radius 2 is 1.86 bits per heavy atom. The first-order chi connectivity index (χ1) is 17.0. The predicted molar refractivity (Wildman–Crippen MR) is 127 cm³/mol. The van der Waals surface area contributed by atoms with E-state index >= 15 is 0 Å². The van der Waals surface area contributed by atoms with Crippen molar-refractivity contribution >= 4 is 17.5 Å². The van der Waals surface area contributed by atoms with E-state index in [1.165, 1.54) is 30.1 Å². The molecule has 2 aromatic carbocycles. The monoisotopic (exact) mass is 502 g/mol. The third-order valence-electron chi connectivity index (χ3n) is 6.27. The molecule has 1 aromatic heterocycles. The molecule has 1 aliphatic rings. The summed E-state index contributed by atoms with van der Waals surface area (Å²) >= 11 is 0. The van der Waals surface area contributed by atoms with Crippen molar-refractivity contribution in [3.63, 3.8) is 0 Å². The van der Waals surface area contributed by atoms with Crippen LogP contribution in [0.4, 0.5) is 24.7 Å². The van der Waals surface area contributed by atoms with Crippen molar-refractivity contribution in [2.24, 2.45) is 5.92 Å². The van der Waals surface area contributed by atoms with E-state index in [0.29, 0.717) is 25.3 Å². The summed E-state index contributed by atoms with van der Waals surface area (Å²) in [7, 11) is 1.24. The van der Waals surface area contributed by atoms with Gasteiger partial charge in [0.1, 0.15) is 5.75 Å². The van der Waals surface area contributed by atoms with Crippen LogP contribution < -0.4 is 15.6 Å². The lowest BCUT2D eigenvalue weighted by atomic mass is 9.96. The Morgan fingerprint density at radius 1 is 1.19 bits per heavy atom. The minimum absolute atomic E-state index is 0.0739. The molecule has 2 heterocycles. The summed E-state index contributed by atoms with van der Waals surface area (Å²) in [6.45, 7) is 5.48. The van der Waals surface area contributed by atoms with Gasteiger partial charge in [0.2, 0.25) is 0 Å². The highest BCUT2D eigenvalue weighted by Gasteiger charge is 2.33. The quantitative estimate of drug-likeness (QED) is 0.501. The van der Waals surface area contributed by atoms with Gasteiger partial charge in [0.25, 0.3) is 5.56 Å². The van der Waals surface area contributed by atoms with Crippen LogP contribution in [0.25, 0.3) is 5.69 Å². The first-order valence-corrected chi connectivity index (χ1v) is 11.1. The lowest BCUT2D eigenvalue weighted by Gasteiger charge is -2.37. The van der Waals surface area contributed by atoms with E-state index in [0.717, 1.165) is 28.8 Å². The van der Waals surface area contributed by atoms with E-state index < -0.39 is 23.3 Å². The third kappa shape index (κ3) is 5.06. The summed E-state index contributed by atoms with van der Waals surface area (Å²) in [5.41, 5.74) is 2.39. The molecule has 2 N–H and O–H groups in total. The molecule has 0 unspecified atom stereocenters. The second kappa shape index (κ2) is 9.65. The lowest BCUT2D eigenvalue weighted by Crippen LogP contribution is -2.49. The second-order valence-corrected chi connectivity index (χ2v) is 8.78. The van der Waals surface area contributed by atoms with E-state index in [1.807, 2.05) is 26.0 Å². The molecule has 11 heteroatoms. The van der Waals surface area contributed by atoms with Crippen LogP contribution in [0.1, 0.15) is 22.3 Å². The van der Waals surface area contributed by atoms with Crippen molar-refractivity contribution < 1.29 is 27.8 Å². The van der Waals surface area contributed by atoms with Gasteiger partial charge in [0, 0.05) is 37.7 Å². The van der Waals surface area contributed by atoms with Gasteiger partial charge in [-0.15, -0.1) is 0 Å². The molecule has 4 rings (SSSR count). The highest BCUT2D eigenvalue weighted by Crippen LogP contribution is 2.35. The van der Waals surface area contributed by atoms with Crippen LogP contribution in [0, 0.1) is 19.8 Å². The van der Waals surface area contributed by atoms with Gasteiger partial charge >= 0.3 is 12.1 Å². The number of halogens is 3. The minimum atomic E-state index is -4.53. The van der Waals surface area contributed by atoms with Gasteiger partial charge in [0.05, 0.1) is 24.3 Å². The number of methoxy groups -OCH3 is 1. The third-order valence-corrected chi connectivity index (χ3v) is 6.27. The van der Waals surface area contributed by atoms with E-state index in [1.54, 1.807) is 0 Å². The number of alkyl halides is 3. The molecule has 0 atom stereocenters. The van der Waals surface area contributed by atoms with Crippen LogP contribution >= 0.6 is 0 Å². The molecule has 1 saturated heterocycles. The molecule has 36 heavy (non-hydrogen) atoms. The maximum absolute atomic E-state index is 13.2. The molecule has 0 radical (unpaired) electrons. The van der Waals surface area contributed by atoms with Crippen LogP contribution in [0.5, 0.6) is 5.75 Å². The molecule has 0 spiro atoms. The van der Waals surface area contributed by atoms with Gasteiger partial charge in [-0.2, -0.15) is 13.2 Å². The molecule has 8 nitrogen and oxygen atoms in total. The first kappa shape index (κ1) is 25.2. The van der Waals surface area contributed by atoms with Crippen molar-refractivity contribution in [1.29, 1.82) is 0 Å². The average molecular weight is 502 g/mol. The van der Waals surface area contributed by atoms with E-state index in [2.05, 4.69) is 15.2 Å². The molecule has 190 valence electrons. The van der Waals surface area contributed by atoms with Crippen LogP contribution in [0.3, 0.4) is 0 Å². The SMILES string of the molecule is COc1cc(C(F)(F)F)ccc1Nc1nccn(-c2cc(C)c(CN3CC(C(=O)O)C3)c(C)c2)c1=O. The zero-order valence-corrected chi connectivity index (χ0v) is 19.9. The summed E-state index contributed by atoms with van der Waals surface area (Å²) in [6.07, 6.45) is -1.59. The van der Waals surface area contributed by atoms with Crippen LogP contribution in [0.2, 0.25) is 0 Å². The van der Waals surface area contributed by atoms with Crippen LogP contribution in [-0.4, -0.2) is 45.7 Å². The van der Waals surface area contributed by atoms with Crippen molar-refractivity contribution in [2.75, 3.05) is 25.5 Å². The van der Waals surface area contributed by atoms with Gasteiger partial charge in [0.15, 0.2) is 5.82 Å². The average Bonchev–Trinajstić information content (AvgIpc) is 2.77. The van der Waals surface area contributed by atoms with Crippen molar-refractivity contribution in [2.45, 2.75) is 26.6 Å². The number of nitrogens with one attached hydrogen (secondary N) is 1. The van der Waals surface area contributed by atoms with Crippen molar-refractivity contribution in [1.82, 2.24) is 14.5 Å². The van der Waals surface area contributed by atoms with E-state index in [-0.39, 0.29) is 23.2 Å². The number of benzene rings is 2. The van der Waals surface area contributed by atoms with Gasteiger partial charge in [-0.1, -0.05) is 0 Å². The fourth-order valence-electron chi connectivity index (χ4n) is 4.24. The summed E-state index contributed by atoms with van der Waals surface area (Å²) in [4.78, 5) is 30.4. The Labute approximate surface area is 205 Å².